The number of halogens is 1. The molecular formula is C19H31IN4O. The van der Waals surface area contributed by atoms with Crippen molar-refractivity contribution in [3.63, 3.8) is 0 Å². The smallest absolute Gasteiger partial charge is 0.251 e. The largest absolute Gasteiger partial charge is 0.356 e. The fraction of sp³-hybridized carbons (Fsp3) is 0.579. The molecule has 2 atom stereocenters. The number of carbonyl (C=O) groups excluding carboxylic acids is 1. The Balaban J connectivity index is 0.00000312. The predicted octanol–water partition coefficient (Wildman–Crippen LogP) is 2.95. The Morgan fingerprint density at radius 3 is 2.80 bits per heavy atom. The van der Waals surface area contributed by atoms with Crippen LogP contribution in [0.2, 0.25) is 0 Å². The standard InChI is InChI=1S/C19H30N4O.HI/c1-14-6-4-9-17(12-14)23-19(21-3)22-11-10-15-7-5-8-16(13-15)18(24)20-2;/h5,7-8,13-14,17H,4,6,9-12H2,1-3H3,(H,20,24)(H2,21,22,23);1H. The molecule has 1 aromatic carbocycles. The topological polar surface area (TPSA) is 65.5 Å². The molecule has 0 bridgehead atoms. The molecule has 1 aliphatic rings. The van der Waals surface area contributed by atoms with Crippen LogP contribution in [0.25, 0.3) is 0 Å². The van der Waals surface area contributed by atoms with Crippen LogP contribution in [0.1, 0.15) is 48.5 Å². The molecule has 0 heterocycles. The molecule has 0 aromatic heterocycles. The highest BCUT2D eigenvalue weighted by atomic mass is 127. The van der Waals surface area contributed by atoms with Gasteiger partial charge in [0, 0.05) is 32.2 Å². The van der Waals surface area contributed by atoms with E-state index in [2.05, 4.69) is 27.9 Å². The molecule has 6 heteroatoms. The van der Waals surface area contributed by atoms with Crippen LogP contribution in [0.4, 0.5) is 0 Å². The zero-order valence-corrected chi connectivity index (χ0v) is 17.8. The molecule has 2 rings (SSSR count). The molecule has 25 heavy (non-hydrogen) atoms. The summed E-state index contributed by atoms with van der Waals surface area (Å²) < 4.78 is 0. The number of amides is 1. The van der Waals surface area contributed by atoms with Crippen LogP contribution in [-0.2, 0) is 6.42 Å². The summed E-state index contributed by atoms with van der Waals surface area (Å²) in [7, 11) is 3.46. The molecular weight excluding hydrogens is 427 g/mol. The summed E-state index contributed by atoms with van der Waals surface area (Å²) in [4.78, 5) is 16.0. The van der Waals surface area contributed by atoms with Crippen molar-refractivity contribution in [1.29, 1.82) is 0 Å². The van der Waals surface area contributed by atoms with Gasteiger partial charge in [0.25, 0.3) is 5.91 Å². The Morgan fingerprint density at radius 1 is 1.32 bits per heavy atom. The number of benzene rings is 1. The molecule has 0 spiro atoms. The van der Waals surface area contributed by atoms with Crippen LogP contribution in [0.15, 0.2) is 29.3 Å². The second-order valence-corrected chi connectivity index (χ2v) is 6.64. The molecule has 2 unspecified atom stereocenters. The van der Waals surface area contributed by atoms with Gasteiger partial charge in [-0.3, -0.25) is 9.79 Å². The Morgan fingerprint density at radius 2 is 2.12 bits per heavy atom. The number of hydrogen-bond donors (Lipinski definition) is 3. The highest BCUT2D eigenvalue weighted by molar-refractivity contribution is 14.0. The van der Waals surface area contributed by atoms with Crippen molar-refractivity contribution in [2.24, 2.45) is 10.9 Å². The molecule has 140 valence electrons. The van der Waals surface area contributed by atoms with Crippen LogP contribution in [0.3, 0.4) is 0 Å². The van der Waals surface area contributed by atoms with Crippen molar-refractivity contribution >= 4 is 35.8 Å². The number of hydrogen-bond acceptors (Lipinski definition) is 2. The summed E-state index contributed by atoms with van der Waals surface area (Å²) in [5.74, 6) is 1.62. The van der Waals surface area contributed by atoms with Gasteiger partial charge in [0.05, 0.1) is 0 Å². The van der Waals surface area contributed by atoms with Gasteiger partial charge < -0.3 is 16.0 Å². The Labute approximate surface area is 168 Å². The highest BCUT2D eigenvalue weighted by Crippen LogP contribution is 2.23. The number of nitrogens with zero attached hydrogens (tertiary/aromatic N) is 1. The van der Waals surface area contributed by atoms with Crippen LogP contribution >= 0.6 is 24.0 Å². The van der Waals surface area contributed by atoms with Crippen LogP contribution in [0, 0.1) is 5.92 Å². The first-order valence-electron chi connectivity index (χ1n) is 8.90. The van der Waals surface area contributed by atoms with Crippen molar-refractivity contribution in [3.8, 4) is 0 Å². The summed E-state index contributed by atoms with van der Waals surface area (Å²) in [6.45, 7) is 3.11. The van der Waals surface area contributed by atoms with Crippen molar-refractivity contribution in [3.05, 3.63) is 35.4 Å². The lowest BCUT2D eigenvalue weighted by molar-refractivity contribution is 0.0963. The first kappa shape index (κ1) is 21.7. The number of rotatable bonds is 5. The van der Waals surface area contributed by atoms with E-state index in [1.165, 1.54) is 25.7 Å². The second kappa shape index (κ2) is 11.3. The summed E-state index contributed by atoms with van der Waals surface area (Å²) in [5, 5.41) is 9.57. The van der Waals surface area contributed by atoms with Gasteiger partial charge in [-0.05, 0) is 42.9 Å². The van der Waals surface area contributed by atoms with Crippen LogP contribution < -0.4 is 16.0 Å². The Bertz CT molecular complexity index is 576. The lowest BCUT2D eigenvalue weighted by Gasteiger charge is -2.28. The summed E-state index contributed by atoms with van der Waals surface area (Å²) in [5.41, 5.74) is 1.85. The zero-order valence-electron chi connectivity index (χ0n) is 15.5. The summed E-state index contributed by atoms with van der Waals surface area (Å²) >= 11 is 0. The van der Waals surface area contributed by atoms with E-state index < -0.39 is 0 Å². The van der Waals surface area contributed by atoms with Crippen molar-refractivity contribution < 1.29 is 4.79 Å². The van der Waals surface area contributed by atoms with Gasteiger partial charge in [-0.2, -0.15) is 0 Å². The molecule has 0 radical (unpaired) electrons. The van der Waals surface area contributed by atoms with Gasteiger partial charge in [-0.1, -0.05) is 31.9 Å². The lowest BCUT2D eigenvalue weighted by atomic mass is 9.87. The number of nitrogens with one attached hydrogen (secondary N) is 3. The van der Waals surface area contributed by atoms with E-state index in [0.717, 1.165) is 30.4 Å². The third-order valence-electron chi connectivity index (χ3n) is 4.62. The first-order valence-corrected chi connectivity index (χ1v) is 8.90. The maximum atomic E-state index is 11.7. The summed E-state index contributed by atoms with van der Waals surface area (Å²) in [6.07, 6.45) is 5.93. The third-order valence-corrected chi connectivity index (χ3v) is 4.62. The SMILES string of the molecule is CN=C(NCCc1cccc(C(=O)NC)c1)NC1CCCC(C)C1.I. The average molecular weight is 458 g/mol. The molecule has 1 aromatic rings. The predicted molar refractivity (Wildman–Crippen MR) is 115 cm³/mol. The Kier molecular flexibility index (Phi) is 9.85. The van der Waals surface area contributed by atoms with Crippen molar-refractivity contribution in [2.75, 3.05) is 20.6 Å². The number of guanidine groups is 1. The maximum Gasteiger partial charge on any atom is 0.251 e. The normalized spacial score (nSPS) is 20.4. The maximum absolute atomic E-state index is 11.7. The van der Waals surface area contributed by atoms with Gasteiger partial charge in [-0.25, -0.2) is 0 Å². The van der Waals surface area contributed by atoms with E-state index in [0.29, 0.717) is 11.6 Å². The summed E-state index contributed by atoms with van der Waals surface area (Å²) in [6, 6.07) is 8.28. The van der Waals surface area contributed by atoms with E-state index in [-0.39, 0.29) is 29.9 Å². The van der Waals surface area contributed by atoms with E-state index >= 15 is 0 Å². The average Bonchev–Trinajstić information content (AvgIpc) is 2.60. The fourth-order valence-electron chi connectivity index (χ4n) is 3.29. The lowest BCUT2D eigenvalue weighted by Crippen LogP contribution is -2.45. The highest BCUT2D eigenvalue weighted by Gasteiger charge is 2.19. The molecule has 1 fully saturated rings. The zero-order chi connectivity index (χ0) is 17.4. The minimum Gasteiger partial charge on any atom is -0.356 e. The second-order valence-electron chi connectivity index (χ2n) is 6.64. The van der Waals surface area contributed by atoms with Crippen molar-refractivity contribution in [2.45, 2.75) is 45.1 Å². The quantitative estimate of drug-likeness (QED) is 0.361. The number of carbonyl (C=O) groups is 1. The van der Waals surface area contributed by atoms with Crippen LogP contribution in [0.5, 0.6) is 0 Å². The molecule has 5 nitrogen and oxygen atoms in total. The molecule has 0 aliphatic heterocycles. The molecule has 0 saturated heterocycles. The molecule has 1 saturated carbocycles. The minimum atomic E-state index is -0.0475. The molecule has 1 aliphatic carbocycles. The Hall–Kier alpha value is -1.31. The minimum absolute atomic E-state index is 0. The van der Waals surface area contributed by atoms with Crippen molar-refractivity contribution in [1.82, 2.24) is 16.0 Å². The van der Waals surface area contributed by atoms with E-state index in [4.69, 9.17) is 0 Å². The van der Waals surface area contributed by atoms with Crippen LogP contribution in [-0.4, -0.2) is 38.5 Å². The monoisotopic (exact) mass is 458 g/mol. The molecule has 1 amide bonds. The van der Waals surface area contributed by atoms with Gasteiger partial charge in [0.1, 0.15) is 0 Å². The van der Waals surface area contributed by atoms with E-state index in [1.807, 2.05) is 31.3 Å². The van der Waals surface area contributed by atoms with E-state index in [9.17, 15) is 4.79 Å². The van der Waals surface area contributed by atoms with Gasteiger partial charge >= 0.3 is 0 Å². The van der Waals surface area contributed by atoms with E-state index in [1.54, 1.807) is 7.05 Å². The van der Waals surface area contributed by atoms with Gasteiger partial charge in [0.15, 0.2) is 5.96 Å². The van der Waals surface area contributed by atoms with Gasteiger partial charge in [-0.15, -0.1) is 24.0 Å². The van der Waals surface area contributed by atoms with Gasteiger partial charge in [0.2, 0.25) is 0 Å². The fourth-order valence-corrected chi connectivity index (χ4v) is 3.29. The first-order chi connectivity index (χ1) is 11.6. The third kappa shape index (κ3) is 7.22. The number of aliphatic imine (C=N–C) groups is 1. The molecule has 3 N–H and O–H groups in total.